The van der Waals surface area contributed by atoms with E-state index in [1.165, 1.54) is 0 Å². The first-order valence-corrected chi connectivity index (χ1v) is 13.4. The Hall–Kier alpha value is -4.49. The zero-order chi connectivity index (χ0) is 27.6. The Morgan fingerprint density at radius 2 is 1.80 bits per heavy atom. The van der Waals surface area contributed by atoms with E-state index in [0.29, 0.717) is 22.4 Å². The molecule has 6 rings (SSSR count). The average molecular weight is 552 g/mol. The summed E-state index contributed by atoms with van der Waals surface area (Å²) < 4.78 is 16.8. The number of methoxy groups -OCH3 is 1. The molecule has 8 heteroatoms. The molecular formula is C32H26ClN3O4. The van der Waals surface area contributed by atoms with Crippen molar-refractivity contribution in [2.75, 3.05) is 7.11 Å². The normalized spacial score (nSPS) is 15.7. The van der Waals surface area contributed by atoms with Gasteiger partial charge in [0.1, 0.15) is 5.75 Å². The molecule has 3 aromatic carbocycles. The number of nitrogens with zero attached hydrogens (tertiary/aromatic N) is 3. The molecule has 0 aliphatic heterocycles. The lowest BCUT2D eigenvalue weighted by Gasteiger charge is -2.26. The molecule has 1 aliphatic carbocycles. The van der Waals surface area contributed by atoms with Gasteiger partial charge in [0, 0.05) is 16.0 Å². The Morgan fingerprint density at radius 1 is 1.02 bits per heavy atom. The van der Waals surface area contributed by atoms with Crippen molar-refractivity contribution in [2.24, 2.45) is 5.92 Å². The quantitative estimate of drug-likeness (QED) is 0.203. The first-order chi connectivity index (χ1) is 19.5. The van der Waals surface area contributed by atoms with Gasteiger partial charge in [-0.05, 0) is 84.0 Å². The molecule has 0 bridgehead atoms. The van der Waals surface area contributed by atoms with Gasteiger partial charge in [-0.1, -0.05) is 48.9 Å². The van der Waals surface area contributed by atoms with Gasteiger partial charge in [0.05, 0.1) is 23.9 Å². The van der Waals surface area contributed by atoms with E-state index in [0.717, 1.165) is 57.5 Å². The van der Waals surface area contributed by atoms with Crippen LogP contribution in [0.15, 0.2) is 77.2 Å². The number of rotatable bonds is 6. The number of fused-ring (bicyclic) bond motifs is 2. The number of hydrogen-bond donors (Lipinski definition) is 0. The van der Waals surface area contributed by atoms with Crippen LogP contribution in [0.5, 0.6) is 5.75 Å². The molecular weight excluding hydrogens is 526 g/mol. The summed E-state index contributed by atoms with van der Waals surface area (Å²) in [5, 5.41) is 9.51. The summed E-state index contributed by atoms with van der Waals surface area (Å²) in [6, 6.07) is 22.6. The summed E-state index contributed by atoms with van der Waals surface area (Å²) >= 11 is 5.97. The minimum absolute atomic E-state index is 0.144. The fraction of sp³-hybridized carbons (Fsp3) is 0.188. The van der Waals surface area contributed by atoms with E-state index in [2.05, 4.69) is 23.2 Å². The summed E-state index contributed by atoms with van der Waals surface area (Å²) in [5.74, 6) is 1.22. The van der Waals surface area contributed by atoms with Crippen LogP contribution in [0.3, 0.4) is 0 Å². The number of pyridine rings is 1. The molecule has 1 unspecified atom stereocenters. The summed E-state index contributed by atoms with van der Waals surface area (Å²) in [4.78, 5) is 18.7. The Kier molecular flexibility index (Phi) is 7.05. The standard InChI is InChI=1S/C32H26ClN3O4/c1-19-15-22(17-20-7-13-24(38-2)14-8-20)30-26(16-19)29(25-5-3-4-6-27(25)34-30)32(37)39-18-28-35-36-31(40-28)21-9-11-23(33)12-10-21/h3-14,17,19H,15-16,18H2,1-2H3. The predicted octanol–water partition coefficient (Wildman–Crippen LogP) is 7.43. The molecule has 0 saturated heterocycles. The van der Waals surface area contributed by atoms with Crippen LogP contribution in [0, 0.1) is 5.92 Å². The van der Waals surface area contributed by atoms with E-state index in [-0.39, 0.29) is 12.5 Å². The summed E-state index contributed by atoms with van der Waals surface area (Å²) in [6.07, 6.45) is 3.72. The number of halogens is 1. The molecule has 0 radical (unpaired) electrons. The van der Waals surface area contributed by atoms with Crippen molar-refractivity contribution in [3.05, 3.63) is 106 Å². The molecule has 200 valence electrons. The summed E-state index contributed by atoms with van der Waals surface area (Å²) in [6.45, 7) is 2.04. The van der Waals surface area contributed by atoms with Crippen LogP contribution in [0.4, 0.5) is 0 Å². The van der Waals surface area contributed by atoms with Crippen LogP contribution in [0.2, 0.25) is 5.02 Å². The van der Waals surface area contributed by atoms with Crippen LogP contribution in [0.1, 0.15) is 46.4 Å². The van der Waals surface area contributed by atoms with Crippen molar-refractivity contribution in [3.63, 3.8) is 0 Å². The van der Waals surface area contributed by atoms with Crippen molar-refractivity contribution < 1.29 is 18.7 Å². The third kappa shape index (κ3) is 5.20. The smallest absolute Gasteiger partial charge is 0.339 e. The first-order valence-electron chi connectivity index (χ1n) is 13.0. The van der Waals surface area contributed by atoms with Crippen LogP contribution < -0.4 is 4.74 Å². The zero-order valence-corrected chi connectivity index (χ0v) is 22.8. The molecule has 0 fully saturated rings. The molecule has 0 saturated carbocycles. The third-order valence-electron chi connectivity index (χ3n) is 6.96. The topological polar surface area (TPSA) is 87.3 Å². The Bertz CT molecular complexity index is 1730. The molecule has 5 aromatic rings. The molecule has 1 aliphatic rings. The number of benzene rings is 3. The van der Waals surface area contributed by atoms with E-state index in [4.69, 9.17) is 30.5 Å². The average Bonchev–Trinajstić information content (AvgIpc) is 3.45. The highest BCUT2D eigenvalue weighted by atomic mass is 35.5. The molecule has 2 heterocycles. The number of allylic oxidation sites excluding steroid dienone is 1. The molecule has 1 atom stereocenters. The van der Waals surface area contributed by atoms with E-state index in [1.54, 1.807) is 31.4 Å². The number of para-hydroxylation sites is 1. The van der Waals surface area contributed by atoms with E-state index < -0.39 is 5.97 Å². The number of ether oxygens (including phenoxy) is 2. The maximum atomic E-state index is 13.7. The molecule has 0 spiro atoms. The van der Waals surface area contributed by atoms with Crippen LogP contribution in [-0.4, -0.2) is 28.3 Å². The van der Waals surface area contributed by atoms with E-state index in [9.17, 15) is 4.79 Å². The van der Waals surface area contributed by atoms with Gasteiger partial charge in [0.2, 0.25) is 5.89 Å². The fourth-order valence-electron chi connectivity index (χ4n) is 5.09. The summed E-state index contributed by atoms with van der Waals surface area (Å²) in [7, 11) is 1.65. The second-order valence-corrected chi connectivity index (χ2v) is 10.3. The minimum Gasteiger partial charge on any atom is -0.497 e. The predicted molar refractivity (Wildman–Crippen MR) is 154 cm³/mol. The number of hydrogen-bond acceptors (Lipinski definition) is 7. The zero-order valence-electron chi connectivity index (χ0n) is 22.1. The van der Waals surface area contributed by atoms with E-state index in [1.807, 2.05) is 48.5 Å². The number of carbonyl (C=O) groups is 1. The highest BCUT2D eigenvalue weighted by Gasteiger charge is 2.29. The maximum absolute atomic E-state index is 13.7. The van der Waals surface area contributed by atoms with Gasteiger partial charge >= 0.3 is 5.97 Å². The molecule has 2 aromatic heterocycles. The Morgan fingerprint density at radius 3 is 2.58 bits per heavy atom. The van der Waals surface area contributed by atoms with Gasteiger partial charge in [-0.3, -0.25) is 0 Å². The van der Waals surface area contributed by atoms with E-state index >= 15 is 0 Å². The third-order valence-corrected chi connectivity index (χ3v) is 7.22. The van der Waals surface area contributed by atoms with Crippen molar-refractivity contribution >= 4 is 40.1 Å². The van der Waals surface area contributed by atoms with Gasteiger partial charge in [0.15, 0.2) is 6.61 Å². The Balaban J connectivity index is 1.34. The van der Waals surface area contributed by atoms with Crippen LogP contribution in [0.25, 0.3) is 34.0 Å². The van der Waals surface area contributed by atoms with Crippen molar-refractivity contribution in [1.29, 1.82) is 0 Å². The van der Waals surface area contributed by atoms with Gasteiger partial charge in [-0.15, -0.1) is 10.2 Å². The van der Waals surface area contributed by atoms with Crippen molar-refractivity contribution in [3.8, 4) is 17.2 Å². The molecule has 0 amide bonds. The Labute approximate surface area is 236 Å². The second kappa shape index (κ2) is 10.9. The fourth-order valence-corrected chi connectivity index (χ4v) is 5.22. The van der Waals surface area contributed by atoms with Gasteiger partial charge < -0.3 is 13.9 Å². The molecule has 0 N–H and O–H groups in total. The van der Waals surface area contributed by atoms with Gasteiger partial charge in [-0.25, -0.2) is 9.78 Å². The monoisotopic (exact) mass is 551 g/mol. The number of carbonyl (C=O) groups excluding carboxylic acids is 1. The van der Waals surface area contributed by atoms with Crippen molar-refractivity contribution in [2.45, 2.75) is 26.4 Å². The molecule has 40 heavy (non-hydrogen) atoms. The van der Waals surface area contributed by atoms with Gasteiger partial charge in [-0.2, -0.15) is 0 Å². The second-order valence-electron chi connectivity index (χ2n) is 9.87. The van der Waals surface area contributed by atoms with Gasteiger partial charge in [0.25, 0.3) is 5.89 Å². The summed E-state index contributed by atoms with van der Waals surface area (Å²) in [5.41, 5.74) is 5.87. The lowest BCUT2D eigenvalue weighted by atomic mass is 9.80. The number of aromatic nitrogens is 3. The maximum Gasteiger partial charge on any atom is 0.339 e. The lowest BCUT2D eigenvalue weighted by molar-refractivity contribution is 0.0439. The molecule has 7 nitrogen and oxygen atoms in total. The first kappa shape index (κ1) is 25.8. The highest BCUT2D eigenvalue weighted by Crippen LogP contribution is 2.39. The van der Waals surface area contributed by atoms with Crippen LogP contribution in [-0.2, 0) is 17.8 Å². The lowest BCUT2D eigenvalue weighted by Crippen LogP contribution is -2.19. The largest absolute Gasteiger partial charge is 0.497 e. The number of esters is 1. The van der Waals surface area contributed by atoms with Crippen LogP contribution >= 0.6 is 11.6 Å². The van der Waals surface area contributed by atoms with Crippen molar-refractivity contribution in [1.82, 2.24) is 15.2 Å². The minimum atomic E-state index is -0.445. The SMILES string of the molecule is COc1ccc(C=C2CC(C)Cc3c2nc2ccccc2c3C(=O)OCc2nnc(-c3ccc(Cl)cc3)o2)cc1. The highest BCUT2D eigenvalue weighted by molar-refractivity contribution is 6.30.